The SMILES string of the molecule is N#Cc1cc2c(Oc3ccc(NC(=O)Nc4ccc(F)cc4)cc3)ccnc2cc1C(=O)[O-].[Na+]. The minimum atomic E-state index is -1.46. The number of nitriles is 1. The first-order chi connectivity index (χ1) is 15.9. The molecule has 0 saturated carbocycles. The maximum atomic E-state index is 13.0. The van der Waals surface area contributed by atoms with Crippen LogP contribution in [-0.2, 0) is 0 Å². The Labute approximate surface area is 215 Å². The summed E-state index contributed by atoms with van der Waals surface area (Å²) >= 11 is 0. The Morgan fingerprint density at radius 1 is 0.971 bits per heavy atom. The number of ether oxygens (including phenoxy) is 1. The average Bonchev–Trinajstić information content (AvgIpc) is 2.81. The molecule has 2 amide bonds. The van der Waals surface area contributed by atoms with Gasteiger partial charge in [0.15, 0.2) is 0 Å². The van der Waals surface area contributed by atoms with Crippen molar-refractivity contribution in [3.63, 3.8) is 0 Å². The van der Waals surface area contributed by atoms with Crippen LogP contribution in [0, 0.1) is 17.1 Å². The van der Waals surface area contributed by atoms with Crippen molar-refractivity contribution in [3.8, 4) is 17.6 Å². The number of pyridine rings is 1. The topological polar surface area (TPSA) is 127 Å². The third kappa shape index (κ3) is 5.68. The molecule has 1 aromatic heterocycles. The van der Waals surface area contributed by atoms with E-state index in [9.17, 15) is 24.3 Å². The molecule has 0 unspecified atom stereocenters. The molecule has 0 aliphatic rings. The molecule has 3 aromatic carbocycles. The van der Waals surface area contributed by atoms with Gasteiger partial charge < -0.3 is 25.3 Å². The average molecular weight is 464 g/mol. The van der Waals surface area contributed by atoms with E-state index >= 15 is 0 Å². The van der Waals surface area contributed by atoms with Gasteiger partial charge in [0, 0.05) is 28.5 Å². The van der Waals surface area contributed by atoms with Gasteiger partial charge >= 0.3 is 35.6 Å². The molecular weight excluding hydrogens is 450 g/mol. The van der Waals surface area contributed by atoms with Crippen LogP contribution in [0.1, 0.15) is 15.9 Å². The molecule has 4 rings (SSSR count). The fraction of sp³-hybridized carbons (Fsp3) is 0. The second-order valence-electron chi connectivity index (χ2n) is 6.84. The smallest absolute Gasteiger partial charge is 0.545 e. The van der Waals surface area contributed by atoms with E-state index in [1.54, 1.807) is 30.3 Å². The Bertz CT molecular complexity index is 1400. The fourth-order valence-electron chi connectivity index (χ4n) is 3.08. The number of benzene rings is 3. The first kappa shape index (κ1) is 24.7. The number of urea groups is 1. The number of carbonyl (C=O) groups excluding carboxylic acids is 2. The summed E-state index contributed by atoms with van der Waals surface area (Å²) in [6.45, 7) is 0. The number of amides is 2. The van der Waals surface area contributed by atoms with Gasteiger partial charge in [-0.1, -0.05) is 0 Å². The number of carboxylic acids is 1. The Balaban J connectivity index is 0.00000324. The van der Waals surface area contributed by atoms with Crippen molar-refractivity contribution in [3.05, 3.63) is 89.9 Å². The number of fused-ring (bicyclic) bond motifs is 1. The number of carbonyl (C=O) groups is 2. The molecule has 4 aromatic rings. The summed E-state index contributed by atoms with van der Waals surface area (Å²) in [5.74, 6) is -1.06. The quantitative estimate of drug-likeness (QED) is 0.425. The third-order valence-corrected chi connectivity index (χ3v) is 4.62. The molecule has 10 heteroatoms. The number of anilines is 2. The van der Waals surface area contributed by atoms with Gasteiger partial charge in [0.05, 0.1) is 23.1 Å². The standard InChI is InChI=1S/C24H15FN4O4.Na/c25-15-1-3-16(4-2-15)28-24(32)29-17-5-7-18(8-6-17)33-22-9-10-27-21-12-19(23(30)31)14(13-26)11-20(21)22;/h1-12H,(H,30,31)(H2,28,29,32);/q;+1/p-1. The van der Waals surface area contributed by atoms with E-state index in [4.69, 9.17) is 4.74 Å². The molecule has 1 heterocycles. The normalized spacial score (nSPS) is 10.0. The van der Waals surface area contributed by atoms with Crippen LogP contribution in [0.5, 0.6) is 11.5 Å². The molecule has 0 aliphatic heterocycles. The third-order valence-electron chi connectivity index (χ3n) is 4.62. The number of hydrogen-bond donors (Lipinski definition) is 2. The largest absolute Gasteiger partial charge is 1.00 e. The molecule has 0 bridgehead atoms. The summed E-state index contributed by atoms with van der Waals surface area (Å²) in [6, 6.07) is 17.4. The summed E-state index contributed by atoms with van der Waals surface area (Å²) in [6.07, 6.45) is 1.46. The van der Waals surface area contributed by atoms with Gasteiger partial charge in [0.25, 0.3) is 0 Å². The maximum absolute atomic E-state index is 13.0. The van der Waals surface area contributed by atoms with Crippen molar-refractivity contribution in [1.82, 2.24) is 4.98 Å². The van der Waals surface area contributed by atoms with Crippen LogP contribution in [-0.4, -0.2) is 17.0 Å². The Morgan fingerprint density at radius 3 is 2.18 bits per heavy atom. The molecule has 8 nitrogen and oxygen atoms in total. The second-order valence-corrected chi connectivity index (χ2v) is 6.84. The first-order valence-electron chi connectivity index (χ1n) is 9.58. The van der Waals surface area contributed by atoms with Crippen LogP contribution in [0.2, 0.25) is 0 Å². The molecule has 34 heavy (non-hydrogen) atoms. The Kier molecular flexibility index (Phi) is 7.81. The molecular formula is C24H14FN4NaO4. The molecule has 0 aliphatic carbocycles. The second kappa shape index (κ2) is 10.8. The van der Waals surface area contributed by atoms with E-state index < -0.39 is 17.8 Å². The summed E-state index contributed by atoms with van der Waals surface area (Å²) in [5, 5.41) is 26.2. The summed E-state index contributed by atoms with van der Waals surface area (Å²) < 4.78 is 18.8. The number of carboxylic acid groups (broad SMARTS) is 1. The first-order valence-corrected chi connectivity index (χ1v) is 9.58. The number of aromatic carboxylic acids is 1. The molecule has 2 N–H and O–H groups in total. The van der Waals surface area contributed by atoms with E-state index in [0.717, 1.165) is 0 Å². The van der Waals surface area contributed by atoms with Crippen LogP contribution >= 0.6 is 0 Å². The predicted octanol–water partition coefficient (Wildman–Crippen LogP) is 1.05. The molecule has 162 valence electrons. The van der Waals surface area contributed by atoms with Crippen molar-refractivity contribution in [2.24, 2.45) is 0 Å². The summed E-state index contributed by atoms with van der Waals surface area (Å²) in [7, 11) is 0. The molecule has 0 saturated heterocycles. The number of nitrogens with one attached hydrogen (secondary N) is 2. The molecule has 0 atom stereocenters. The number of halogens is 1. The van der Waals surface area contributed by atoms with Crippen LogP contribution in [0.15, 0.2) is 72.9 Å². The zero-order valence-electron chi connectivity index (χ0n) is 17.8. The number of aromatic nitrogens is 1. The Hall–Kier alpha value is -3.97. The van der Waals surface area contributed by atoms with Gasteiger partial charge in [0.2, 0.25) is 0 Å². The van der Waals surface area contributed by atoms with E-state index in [-0.39, 0.29) is 40.7 Å². The molecule has 0 fully saturated rings. The van der Waals surface area contributed by atoms with E-state index in [2.05, 4.69) is 15.6 Å². The maximum Gasteiger partial charge on any atom is 1.00 e. The predicted molar refractivity (Wildman–Crippen MR) is 116 cm³/mol. The van der Waals surface area contributed by atoms with E-state index in [1.807, 2.05) is 6.07 Å². The number of nitrogens with zero attached hydrogens (tertiary/aromatic N) is 2. The van der Waals surface area contributed by atoms with Crippen LogP contribution in [0.4, 0.5) is 20.6 Å². The van der Waals surface area contributed by atoms with Crippen molar-refractivity contribution in [2.75, 3.05) is 10.6 Å². The van der Waals surface area contributed by atoms with Gasteiger partial charge in [-0.2, -0.15) is 5.26 Å². The van der Waals surface area contributed by atoms with Gasteiger partial charge in [0.1, 0.15) is 17.3 Å². The summed E-state index contributed by atoms with van der Waals surface area (Å²) in [4.78, 5) is 27.5. The van der Waals surface area contributed by atoms with Crippen molar-refractivity contribution in [2.45, 2.75) is 0 Å². The minimum absolute atomic E-state index is 0. The molecule has 0 radical (unpaired) electrons. The zero-order chi connectivity index (χ0) is 23.4. The fourth-order valence-corrected chi connectivity index (χ4v) is 3.08. The van der Waals surface area contributed by atoms with Crippen LogP contribution < -0.4 is 50.0 Å². The van der Waals surface area contributed by atoms with Gasteiger partial charge in [-0.05, 0) is 66.7 Å². The van der Waals surface area contributed by atoms with Crippen LogP contribution in [0.25, 0.3) is 10.9 Å². The van der Waals surface area contributed by atoms with Crippen molar-refractivity contribution in [1.29, 1.82) is 5.26 Å². The summed E-state index contributed by atoms with van der Waals surface area (Å²) in [5.41, 5.74) is 0.960. The Morgan fingerprint density at radius 2 is 1.59 bits per heavy atom. The number of hydrogen-bond acceptors (Lipinski definition) is 6. The van der Waals surface area contributed by atoms with Crippen LogP contribution in [0.3, 0.4) is 0 Å². The van der Waals surface area contributed by atoms with E-state index in [0.29, 0.717) is 33.8 Å². The van der Waals surface area contributed by atoms with Gasteiger partial charge in [-0.15, -0.1) is 0 Å². The van der Waals surface area contributed by atoms with Crippen molar-refractivity contribution < 1.29 is 53.4 Å². The van der Waals surface area contributed by atoms with Gasteiger partial charge in [-0.25, -0.2) is 9.18 Å². The monoisotopic (exact) mass is 464 g/mol. The molecule has 0 spiro atoms. The van der Waals surface area contributed by atoms with Crippen molar-refractivity contribution >= 4 is 34.3 Å². The van der Waals surface area contributed by atoms with Gasteiger partial charge in [-0.3, -0.25) is 4.98 Å². The number of rotatable bonds is 5. The zero-order valence-corrected chi connectivity index (χ0v) is 19.8. The van der Waals surface area contributed by atoms with E-state index in [1.165, 1.54) is 42.6 Å². The minimum Gasteiger partial charge on any atom is -0.545 e.